The summed E-state index contributed by atoms with van der Waals surface area (Å²) < 4.78 is 5.66. The van der Waals surface area contributed by atoms with Gasteiger partial charge in [0.25, 0.3) is 5.91 Å². The van der Waals surface area contributed by atoms with Gasteiger partial charge in [-0.1, -0.05) is 22.0 Å². The third kappa shape index (κ3) is 1.94. The summed E-state index contributed by atoms with van der Waals surface area (Å²) in [7, 11) is 1.33. The molecule has 0 aliphatic carbocycles. The van der Waals surface area contributed by atoms with E-state index in [0.29, 0.717) is 5.69 Å². The summed E-state index contributed by atoms with van der Waals surface area (Å²) in [4.78, 5) is 24.0. The molecule has 2 atom stereocenters. The van der Waals surface area contributed by atoms with Crippen molar-refractivity contribution in [3.63, 3.8) is 0 Å². The summed E-state index contributed by atoms with van der Waals surface area (Å²) in [6, 6.07) is 5.97. The van der Waals surface area contributed by atoms with Gasteiger partial charge in [-0.2, -0.15) is 0 Å². The van der Waals surface area contributed by atoms with Gasteiger partial charge < -0.3 is 9.84 Å². The minimum Gasteiger partial charge on any atom is -0.480 e. The third-order valence-corrected chi connectivity index (χ3v) is 3.13. The molecule has 1 N–H and O–H groups in total. The number of nitrogens with zero attached hydrogens (tertiary/aromatic N) is 1. The number of hydrogen-bond donors (Lipinski definition) is 1. The summed E-state index contributed by atoms with van der Waals surface area (Å²) in [5.41, 5.74) is 0.546. The first-order valence-electron chi connectivity index (χ1n) is 4.90. The number of ether oxygens (including phenoxy) is 1. The zero-order valence-electron chi connectivity index (χ0n) is 8.96. The zero-order chi connectivity index (χ0) is 12.6. The van der Waals surface area contributed by atoms with Crippen LogP contribution in [0.4, 0.5) is 5.69 Å². The van der Waals surface area contributed by atoms with Gasteiger partial charge in [-0.15, -0.1) is 0 Å². The van der Waals surface area contributed by atoms with Crippen molar-refractivity contribution in [2.45, 2.75) is 12.1 Å². The highest BCUT2D eigenvalue weighted by Crippen LogP contribution is 2.31. The normalized spacial score (nSPS) is 23.4. The van der Waals surface area contributed by atoms with E-state index in [4.69, 9.17) is 9.84 Å². The quantitative estimate of drug-likeness (QED) is 0.854. The van der Waals surface area contributed by atoms with E-state index in [1.54, 1.807) is 24.3 Å². The number of carbonyl (C=O) groups excluding carboxylic acids is 1. The number of aliphatic carboxylic acids is 1. The van der Waals surface area contributed by atoms with Crippen LogP contribution in [-0.2, 0) is 14.3 Å². The van der Waals surface area contributed by atoms with Crippen molar-refractivity contribution < 1.29 is 19.4 Å². The van der Waals surface area contributed by atoms with Crippen LogP contribution in [0.1, 0.15) is 0 Å². The van der Waals surface area contributed by atoms with Crippen LogP contribution < -0.4 is 4.90 Å². The Morgan fingerprint density at radius 2 is 2.24 bits per heavy atom. The van der Waals surface area contributed by atoms with Crippen LogP contribution in [0.15, 0.2) is 28.7 Å². The lowest BCUT2D eigenvalue weighted by Gasteiger charge is -2.43. The number of rotatable bonds is 3. The molecule has 0 radical (unpaired) electrons. The minimum absolute atomic E-state index is 0.335. The molecule has 1 amide bonds. The highest BCUT2D eigenvalue weighted by Gasteiger charge is 2.53. The molecular weight excluding hydrogens is 290 g/mol. The summed E-state index contributed by atoms with van der Waals surface area (Å²) >= 11 is 3.28. The fraction of sp³-hybridized carbons (Fsp3) is 0.273. The van der Waals surface area contributed by atoms with Gasteiger partial charge in [-0.05, 0) is 18.2 Å². The van der Waals surface area contributed by atoms with E-state index >= 15 is 0 Å². The second kappa shape index (κ2) is 4.46. The molecule has 0 aromatic heterocycles. The highest BCUT2D eigenvalue weighted by molar-refractivity contribution is 9.10. The molecule has 0 unspecified atom stereocenters. The predicted octanol–water partition coefficient (Wildman–Crippen LogP) is 1.26. The topological polar surface area (TPSA) is 66.8 Å². The number of carboxylic acid groups (broad SMARTS) is 1. The fourth-order valence-electron chi connectivity index (χ4n) is 1.85. The third-order valence-electron chi connectivity index (χ3n) is 2.64. The summed E-state index contributed by atoms with van der Waals surface area (Å²) in [5, 5.41) is 9.07. The molecule has 1 aromatic rings. The molecule has 0 saturated carbocycles. The molecule has 0 bridgehead atoms. The lowest BCUT2D eigenvalue weighted by atomic mass is 9.97. The second-order valence-corrected chi connectivity index (χ2v) is 4.54. The molecule has 1 aliphatic rings. The number of halogens is 1. The molecule has 1 fully saturated rings. The Bertz CT molecular complexity index is 476. The van der Waals surface area contributed by atoms with Crippen molar-refractivity contribution >= 4 is 33.5 Å². The maximum Gasteiger partial charge on any atom is 0.330 e. The predicted molar refractivity (Wildman–Crippen MR) is 63.8 cm³/mol. The average Bonchev–Trinajstić information content (AvgIpc) is 2.26. The zero-order valence-corrected chi connectivity index (χ0v) is 10.5. The Kier molecular flexibility index (Phi) is 3.17. The molecule has 5 nitrogen and oxygen atoms in total. The Balaban J connectivity index is 2.32. The van der Waals surface area contributed by atoms with E-state index < -0.39 is 18.1 Å². The van der Waals surface area contributed by atoms with Gasteiger partial charge in [0.05, 0.1) is 0 Å². The molecule has 1 aliphatic heterocycles. The van der Waals surface area contributed by atoms with Crippen LogP contribution in [0.3, 0.4) is 0 Å². The van der Waals surface area contributed by atoms with Crippen LogP contribution in [0.25, 0.3) is 0 Å². The monoisotopic (exact) mass is 299 g/mol. The van der Waals surface area contributed by atoms with E-state index in [0.717, 1.165) is 4.47 Å². The standard InChI is InChI=1S/C11H10BrNO4/c1-17-9-8(11(15)16)13(10(9)14)7-4-2-3-6(12)5-7/h2-5,8-9H,1H3,(H,15,16)/t8-,9-/m0/s1. The van der Waals surface area contributed by atoms with E-state index in [1.807, 2.05) is 0 Å². The van der Waals surface area contributed by atoms with Crippen LogP contribution in [0, 0.1) is 0 Å². The van der Waals surface area contributed by atoms with Crippen LogP contribution in [0.2, 0.25) is 0 Å². The Labute approximate surface area is 106 Å². The van der Waals surface area contributed by atoms with E-state index in [2.05, 4.69) is 15.9 Å². The molecule has 17 heavy (non-hydrogen) atoms. The number of anilines is 1. The molecule has 90 valence electrons. The van der Waals surface area contributed by atoms with Gasteiger partial charge in [0.2, 0.25) is 0 Å². The van der Waals surface area contributed by atoms with Crippen LogP contribution >= 0.6 is 15.9 Å². The molecule has 0 spiro atoms. The Morgan fingerprint density at radius 3 is 2.76 bits per heavy atom. The number of hydrogen-bond acceptors (Lipinski definition) is 3. The van der Waals surface area contributed by atoms with Gasteiger partial charge in [0, 0.05) is 17.3 Å². The van der Waals surface area contributed by atoms with Crippen molar-refractivity contribution in [2.75, 3.05) is 12.0 Å². The largest absolute Gasteiger partial charge is 0.480 e. The number of benzene rings is 1. The molecule has 1 aromatic carbocycles. The fourth-order valence-corrected chi connectivity index (χ4v) is 2.23. The van der Waals surface area contributed by atoms with E-state index in [9.17, 15) is 9.59 Å². The first kappa shape index (κ1) is 12.1. The van der Waals surface area contributed by atoms with Crippen LogP contribution in [-0.4, -0.2) is 36.2 Å². The number of methoxy groups -OCH3 is 1. The van der Waals surface area contributed by atoms with Gasteiger partial charge >= 0.3 is 5.97 Å². The van der Waals surface area contributed by atoms with Crippen molar-refractivity contribution in [2.24, 2.45) is 0 Å². The number of carboxylic acids is 1. The van der Waals surface area contributed by atoms with Gasteiger partial charge in [0.15, 0.2) is 12.1 Å². The summed E-state index contributed by atoms with van der Waals surface area (Å²) in [6.07, 6.45) is -0.897. The van der Waals surface area contributed by atoms with Crippen molar-refractivity contribution in [1.29, 1.82) is 0 Å². The Hall–Kier alpha value is -1.40. The number of amides is 1. The average molecular weight is 300 g/mol. The first-order valence-corrected chi connectivity index (χ1v) is 5.70. The second-order valence-electron chi connectivity index (χ2n) is 3.63. The van der Waals surface area contributed by atoms with E-state index in [1.165, 1.54) is 12.0 Å². The number of carbonyl (C=O) groups is 2. The van der Waals surface area contributed by atoms with Gasteiger partial charge in [-0.25, -0.2) is 4.79 Å². The van der Waals surface area contributed by atoms with Crippen molar-refractivity contribution in [3.8, 4) is 0 Å². The lowest BCUT2D eigenvalue weighted by Crippen LogP contribution is -2.69. The first-order chi connectivity index (χ1) is 8.06. The lowest BCUT2D eigenvalue weighted by molar-refractivity contribution is -0.155. The molecule has 1 saturated heterocycles. The maximum absolute atomic E-state index is 11.7. The van der Waals surface area contributed by atoms with E-state index in [-0.39, 0.29) is 5.91 Å². The summed E-state index contributed by atoms with van der Waals surface area (Å²) in [6.45, 7) is 0. The molecular formula is C11H10BrNO4. The summed E-state index contributed by atoms with van der Waals surface area (Å²) in [5.74, 6) is -1.41. The highest BCUT2D eigenvalue weighted by atomic mass is 79.9. The van der Waals surface area contributed by atoms with Crippen molar-refractivity contribution in [1.82, 2.24) is 0 Å². The van der Waals surface area contributed by atoms with Gasteiger partial charge in [-0.3, -0.25) is 9.69 Å². The molecule has 2 rings (SSSR count). The Morgan fingerprint density at radius 1 is 1.53 bits per heavy atom. The maximum atomic E-state index is 11.7. The minimum atomic E-state index is -1.07. The SMILES string of the molecule is CO[C@@H]1C(=O)N(c2cccc(Br)c2)[C@@H]1C(=O)O. The number of β-lactam (4-membered cyclic amide) rings is 1. The van der Waals surface area contributed by atoms with Crippen molar-refractivity contribution in [3.05, 3.63) is 28.7 Å². The molecule has 6 heteroatoms. The molecule has 1 heterocycles. The smallest absolute Gasteiger partial charge is 0.330 e. The van der Waals surface area contributed by atoms with Crippen LogP contribution in [0.5, 0.6) is 0 Å². The van der Waals surface area contributed by atoms with Gasteiger partial charge in [0.1, 0.15) is 0 Å².